The van der Waals surface area contributed by atoms with Crippen LogP contribution in [0.15, 0.2) is 0 Å². The normalized spacial score (nSPS) is 34.6. The molecule has 1 N–H and O–H groups in total. The van der Waals surface area contributed by atoms with Crippen LogP contribution >= 0.6 is 0 Å². The van der Waals surface area contributed by atoms with Gasteiger partial charge in [-0.25, -0.2) is 8.42 Å². The zero-order chi connectivity index (χ0) is 7.78. The Labute approximate surface area is 61.0 Å². The molecular weight excluding hydrogens is 152 g/mol. The fraction of sp³-hybridized carbons (Fsp3) is 1.00. The van der Waals surface area contributed by atoms with Crippen molar-refractivity contribution in [2.45, 2.75) is 30.6 Å². The van der Waals surface area contributed by atoms with Crippen LogP contribution in [0, 0.1) is 0 Å². The fourth-order valence-corrected chi connectivity index (χ4v) is 2.44. The van der Waals surface area contributed by atoms with Crippen LogP contribution in [0.4, 0.5) is 0 Å². The van der Waals surface area contributed by atoms with Crippen molar-refractivity contribution in [3.63, 3.8) is 0 Å². The Bertz CT molecular complexity index is 207. The molecule has 0 aliphatic heterocycles. The Kier molecular flexibility index (Phi) is 2.01. The van der Waals surface area contributed by atoms with Crippen molar-refractivity contribution < 1.29 is 13.5 Å². The zero-order valence-corrected chi connectivity index (χ0v) is 6.76. The van der Waals surface area contributed by atoms with E-state index in [-0.39, 0.29) is 11.4 Å². The van der Waals surface area contributed by atoms with Crippen LogP contribution in [0.2, 0.25) is 0 Å². The Morgan fingerprint density at radius 1 is 1.40 bits per heavy atom. The topological polar surface area (TPSA) is 54.4 Å². The Hall–Kier alpha value is -0.0900. The molecule has 0 aromatic heterocycles. The number of hydrogen-bond donors (Lipinski definition) is 1. The van der Waals surface area contributed by atoms with Gasteiger partial charge in [-0.1, -0.05) is 0 Å². The van der Waals surface area contributed by atoms with E-state index >= 15 is 0 Å². The molecular formula is C6H12O3S. The largest absolute Gasteiger partial charge is 0.393 e. The molecule has 60 valence electrons. The molecule has 0 saturated heterocycles. The van der Waals surface area contributed by atoms with Crippen LogP contribution in [0.1, 0.15) is 19.3 Å². The molecule has 1 fully saturated rings. The maximum absolute atomic E-state index is 10.9. The van der Waals surface area contributed by atoms with Gasteiger partial charge in [0.15, 0.2) is 0 Å². The van der Waals surface area contributed by atoms with Crippen LogP contribution in [0.5, 0.6) is 0 Å². The summed E-state index contributed by atoms with van der Waals surface area (Å²) in [6, 6.07) is 0. The van der Waals surface area contributed by atoms with Crippen molar-refractivity contribution in [1.29, 1.82) is 0 Å². The van der Waals surface area contributed by atoms with E-state index in [0.717, 1.165) is 0 Å². The van der Waals surface area contributed by atoms with Gasteiger partial charge in [-0.15, -0.1) is 0 Å². The minimum atomic E-state index is -2.90. The average molecular weight is 164 g/mol. The minimum Gasteiger partial charge on any atom is -0.393 e. The molecule has 10 heavy (non-hydrogen) atoms. The summed E-state index contributed by atoms with van der Waals surface area (Å²) in [5.41, 5.74) is 0. The lowest BCUT2D eigenvalue weighted by molar-refractivity contribution is 0.183. The molecule has 0 aromatic rings. The van der Waals surface area contributed by atoms with Crippen molar-refractivity contribution in [3.8, 4) is 0 Å². The summed E-state index contributed by atoms with van der Waals surface area (Å²) in [7, 11) is -2.90. The summed E-state index contributed by atoms with van der Waals surface area (Å²) < 4.78 is 21.7. The predicted molar refractivity (Wildman–Crippen MR) is 38.5 cm³/mol. The van der Waals surface area contributed by atoms with E-state index in [1.165, 1.54) is 6.26 Å². The lowest BCUT2D eigenvalue weighted by Gasteiger charge is -2.04. The van der Waals surface area contributed by atoms with E-state index in [0.29, 0.717) is 19.3 Å². The molecule has 2 unspecified atom stereocenters. The molecule has 2 atom stereocenters. The molecule has 0 aromatic carbocycles. The molecule has 0 radical (unpaired) electrons. The number of aliphatic hydroxyl groups excluding tert-OH is 1. The lowest BCUT2D eigenvalue weighted by atomic mass is 10.3. The maximum atomic E-state index is 10.9. The van der Waals surface area contributed by atoms with Crippen LogP contribution in [-0.2, 0) is 9.84 Å². The second-order valence-electron chi connectivity index (χ2n) is 2.92. The molecule has 1 saturated carbocycles. The molecule has 0 heterocycles. The predicted octanol–water partition coefficient (Wildman–Crippen LogP) is -0.0556. The lowest BCUT2D eigenvalue weighted by Crippen LogP contribution is -2.16. The van der Waals surface area contributed by atoms with Gasteiger partial charge < -0.3 is 5.11 Å². The van der Waals surface area contributed by atoms with Gasteiger partial charge in [0.1, 0.15) is 9.84 Å². The van der Waals surface area contributed by atoms with Gasteiger partial charge in [-0.2, -0.15) is 0 Å². The van der Waals surface area contributed by atoms with Crippen molar-refractivity contribution in [1.82, 2.24) is 0 Å². The third-order valence-electron chi connectivity index (χ3n) is 1.96. The fourth-order valence-electron chi connectivity index (χ4n) is 1.31. The van der Waals surface area contributed by atoms with E-state index in [2.05, 4.69) is 0 Å². The summed E-state index contributed by atoms with van der Waals surface area (Å²) in [6.07, 6.45) is 2.53. The van der Waals surface area contributed by atoms with Crippen LogP contribution < -0.4 is 0 Å². The first-order valence-corrected chi connectivity index (χ1v) is 5.32. The van der Waals surface area contributed by atoms with Gasteiger partial charge in [0.25, 0.3) is 0 Å². The first kappa shape index (κ1) is 8.01. The monoisotopic (exact) mass is 164 g/mol. The summed E-state index contributed by atoms with van der Waals surface area (Å²) in [5, 5.41) is 8.71. The highest BCUT2D eigenvalue weighted by atomic mass is 32.2. The third-order valence-corrected chi connectivity index (χ3v) is 3.60. The summed E-state index contributed by atoms with van der Waals surface area (Å²) in [5.74, 6) is 0. The second-order valence-corrected chi connectivity index (χ2v) is 5.24. The second kappa shape index (κ2) is 2.51. The Balaban J connectivity index is 2.62. The van der Waals surface area contributed by atoms with E-state index in [1.807, 2.05) is 0 Å². The molecule has 0 bridgehead atoms. The smallest absolute Gasteiger partial charge is 0.150 e. The molecule has 0 spiro atoms. The maximum Gasteiger partial charge on any atom is 0.150 e. The first-order chi connectivity index (χ1) is 4.50. The number of rotatable bonds is 1. The SMILES string of the molecule is CS(=O)(=O)C1CCC(O)C1. The van der Waals surface area contributed by atoms with Gasteiger partial charge in [0, 0.05) is 6.26 Å². The summed E-state index contributed by atoms with van der Waals surface area (Å²) in [4.78, 5) is 0. The van der Waals surface area contributed by atoms with Crippen LogP contribution in [0.25, 0.3) is 0 Å². The Morgan fingerprint density at radius 2 is 2.00 bits per heavy atom. The van der Waals surface area contributed by atoms with Crippen molar-refractivity contribution >= 4 is 9.84 Å². The molecule has 1 aliphatic rings. The first-order valence-electron chi connectivity index (χ1n) is 3.37. The molecule has 1 rings (SSSR count). The van der Waals surface area contributed by atoms with Gasteiger partial charge in [-0.3, -0.25) is 0 Å². The van der Waals surface area contributed by atoms with E-state index in [1.54, 1.807) is 0 Å². The van der Waals surface area contributed by atoms with E-state index in [9.17, 15) is 8.42 Å². The number of sulfone groups is 1. The molecule has 0 amide bonds. The third kappa shape index (κ3) is 1.70. The standard InChI is InChI=1S/C6H12O3S/c1-10(8,9)6-3-2-5(7)4-6/h5-7H,2-4H2,1H3. The molecule has 3 nitrogen and oxygen atoms in total. The summed E-state index contributed by atoms with van der Waals surface area (Å²) >= 11 is 0. The zero-order valence-electron chi connectivity index (χ0n) is 5.95. The van der Waals surface area contributed by atoms with E-state index < -0.39 is 9.84 Å². The van der Waals surface area contributed by atoms with Crippen LogP contribution in [-0.4, -0.2) is 31.1 Å². The van der Waals surface area contributed by atoms with Crippen molar-refractivity contribution in [3.05, 3.63) is 0 Å². The highest BCUT2D eigenvalue weighted by Crippen LogP contribution is 2.24. The number of hydrogen-bond acceptors (Lipinski definition) is 3. The summed E-state index contributed by atoms with van der Waals surface area (Å²) in [6.45, 7) is 0. The quantitative estimate of drug-likeness (QED) is 0.591. The van der Waals surface area contributed by atoms with Gasteiger partial charge >= 0.3 is 0 Å². The van der Waals surface area contributed by atoms with E-state index in [4.69, 9.17) is 5.11 Å². The minimum absolute atomic E-state index is 0.289. The van der Waals surface area contributed by atoms with Gasteiger partial charge in [0.2, 0.25) is 0 Å². The molecule has 4 heteroatoms. The Morgan fingerprint density at radius 3 is 2.20 bits per heavy atom. The van der Waals surface area contributed by atoms with Crippen molar-refractivity contribution in [2.75, 3.05) is 6.26 Å². The molecule has 1 aliphatic carbocycles. The van der Waals surface area contributed by atoms with Crippen LogP contribution in [0.3, 0.4) is 0 Å². The average Bonchev–Trinajstić information content (AvgIpc) is 2.11. The van der Waals surface area contributed by atoms with Gasteiger partial charge in [0.05, 0.1) is 11.4 Å². The van der Waals surface area contributed by atoms with Crippen molar-refractivity contribution in [2.24, 2.45) is 0 Å². The highest BCUT2D eigenvalue weighted by molar-refractivity contribution is 7.91. The number of aliphatic hydroxyl groups is 1. The van der Waals surface area contributed by atoms with Gasteiger partial charge in [-0.05, 0) is 19.3 Å². The highest BCUT2D eigenvalue weighted by Gasteiger charge is 2.29.